The number of unbranched alkanes of at least 4 members (excludes halogenated alkanes) is 5. The summed E-state index contributed by atoms with van der Waals surface area (Å²) in [7, 11) is 0. The molecule has 2 aromatic carbocycles. The zero-order valence-electron chi connectivity index (χ0n) is 18.0. The number of hydrogen-bond donors (Lipinski definition) is 0. The molecule has 1 aromatic heterocycles. The first-order valence-electron chi connectivity index (χ1n) is 11.1. The van der Waals surface area contributed by atoms with Crippen molar-refractivity contribution >= 4 is 11.9 Å². The highest BCUT2D eigenvalue weighted by Crippen LogP contribution is 2.17. The summed E-state index contributed by atoms with van der Waals surface area (Å²) in [5, 5.41) is 0. The topological polar surface area (TPSA) is 39.4 Å². The van der Waals surface area contributed by atoms with Crippen LogP contribution in [0.1, 0.15) is 56.6 Å². The van der Waals surface area contributed by atoms with Gasteiger partial charge in [-0.1, -0.05) is 51.2 Å². The fraction of sp³-hybridized carbons (Fsp3) is 0.385. The molecule has 158 valence electrons. The van der Waals surface area contributed by atoms with Crippen LogP contribution in [0.15, 0.2) is 72.2 Å². The van der Waals surface area contributed by atoms with E-state index in [1.807, 2.05) is 41.2 Å². The SMILES string of the molecule is CCCCCCCCc1ccc(N=Cc2ccc(OCCn3ccnc3)cc2)cc1. The smallest absolute Gasteiger partial charge is 0.119 e. The van der Waals surface area contributed by atoms with Crippen LogP contribution in [0.4, 0.5) is 5.69 Å². The summed E-state index contributed by atoms with van der Waals surface area (Å²) in [4.78, 5) is 8.63. The minimum atomic E-state index is 0.620. The van der Waals surface area contributed by atoms with Gasteiger partial charge in [0.15, 0.2) is 0 Å². The second kappa shape index (κ2) is 12.6. The maximum absolute atomic E-state index is 5.78. The van der Waals surface area contributed by atoms with E-state index in [4.69, 9.17) is 4.74 Å². The predicted octanol–water partition coefficient (Wildman–Crippen LogP) is 6.62. The van der Waals surface area contributed by atoms with Crippen molar-refractivity contribution < 1.29 is 4.74 Å². The minimum Gasteiger partial charge on any atom is -0.492 e. The van der Waals surface area contributed by atoms with Gasteiger partial charge in [-0.2, -0.15) is 0 Å². The Balaban J connectivity index is 1.39. The summed E-state index contributed by atoms with van der Waals surface area (Å²) >= 11 is 0. The zero-order valence-corrected chi connectivity index (χ0v) is 18.0. The molecule has 0 bridgehead atoms. The van der Waals surface area contributed by atoms with Crippen molar-refractivity contribution in [3.05, 3.63) is 78.4 Å². The van der Waals surface area contributed by atoms with Crippen LogP contribution < -0.4 is 4.74 Å². The van der Waals surface area contributed by atoms with Gasteiger partial charge in [-0.05, 0) is 60.4 Å². The van der Waals surface area contributed by atoms with Crippen LogP contribution in [0.2, 0.25) is 0 Å². The molecule has 3 rings (SSSR count). The maximum atomic E-state index is 5.78. The molecule has 0 aliphatic rings. The highest BCUT2D eigenvalue weighted by molar-refractivity contribution is 5.82. The van der Waals surface area contributed by atoms with Gasteiger partial charge in [-0.3, -0.25) is 4.99 Å². The standard InChI is InChI=1S/C26H33N3O/c1-2-3-4-5-6-7-8-23-9-13-25(14-10-23)28-21-24-11-15-26(16-12-24)30-20-19-29-18-17-27-22-29/h9-18,21-22H,2-8,19-20H2,1H3. The van der Waals surface area contributed by atoms with Gasteiger partial charge in [-0.15, -0.1) is 0 Å². The molecule has 0 spiro atoms. The van der Waals surface area contributed by atoms with Crippen LogP contribution in [0, 0.1) is 0 Å². The second-order valence-corrected chi connectivity index (χ2v) is 7.66. The van der Waals surface area contributed by atoms with Crippen LogP contribution in [0.5, 0.6) is 5.75 Å². The Morgan fingerprint density at radius 2 is 1.70 bits per heavy atom. The van der Waals surface area contributed by atoms with E-state index in [0.717, 1.165) is 23.5 Å². The van der Waals surface area contributed by atoms with E-state index in [1.54, 1.807) is 12.5 Å². The van der Waals surface area contributed by atoms with Crippen molar-refractivity contribution in [2.75, 3.05) is 6.61 Å². The molecule has 0 amide bonds. The molecule has 3 aromatic rings. The van der Waals surface area contributed by atoms with Gasteiger partial charge in [0.2, 0.25) is 0 Å². The number of imidazole rings is 1. The number of rotatable bonds is 13. The third-order valence-corrected chi connectivity index (χ3v) is 5.18. The largest absolute Gasteiger partial charge is 0.492 e. The van der Waals surface area contributed by atoms with Crippen molar-refractivity contribution in [1.29, 1.82) is 0 Å². The molecule has 0 radical (unpaired) electrons. The summed E-state index contributed by atoms with van der Waals surface area (Å²) in [5.41, 5.74) is 3.46. The van der Waals surface area contributed by atoms with Gasteiger partial charge >= 0.3 is 0 Å². The molecule has 0 N–H and O–H groups in total. The van der Waals surface area contributed by atoms with Crippen LogP contribution in [-0.4, -0.2) is 22.4 Å². The Hall–Kier alpha value is -2.88. The average molecular weight is 404 g/mol. The highest BCUT2D eigenvalue weighted by Gasteiger charge is 1.97. The number of hydrogen-bond acceptors (Lipinski definition) is 3. The summed E-state index contributed by atoms with van der Waals surface area (Å²) in [6.07, 6.45) is 16.6. The van der Waals surface area contributed by atoms with Gasteiger partial charge in [0.25, 0.3) is 0 Å². The van der Waals surface area contributed by atoms with E-state index in [-0.39, 0.29) is 0 Å². The van der Waals surface area contributed by atoms with E-state index < -0.39 is 0 Å². The molecule has 0 fully saturated rings. The Kier molecular flexibility index (Phi) is 9.19. The lowest BCUT2D eigenvalue weighted by Crippen LogP contribution is -2.06. The van der Waals surface area contributed by atoms with Crippen molar-refractivity contribution in [3.63, 3.8) is 0 Å². The van der Waals surface area contributed by atoms with Crippen molar-refractivity contribution in [1.82, 2.24) is 9.55 Å². The number of aliphatic imine (C=N–C) groups is 1. The Labute approximate surface area is 180 Å². The number of aryl methyl sites for hydroxylation is 1. The van der Waals surface area contributed by atoms with Gasteiger partial charge in [0.1, 0.15) is 12.4 Å². The molecule has 0 saturated carbocycles. The van der Waals surface area contributed by atoms with Gasteiger partial charge in [0, 0.05) is 18.6 Å². The molecular formula is C26H33N3O. The molecule has 0 atom stereocenters. The first kappa shape index (κ1) is 21.8. The van der Waals surface area contributed by atoms with E-state index in [2.05, 4.69) is 41.2 Å². The predicted molar refractivity (Wildman–Crippen MR) is 125 cm³/mol. The quantitative estimate of drug-likeness (QED) is 0.238. The molecule has 0 aliphatic carbocycles. The molecule has 1 heterocycles. The van der Waals surface area contributed by atoms with E-state index >= 15 is 0 Å². The van der Waals surface area contributed by atoms with E-state index in [9.17, 15) is 0 Å². The molecule has 0 unspecified atom stereocenters. The second-order valence-electron chi connectivity index (χ2n) is 7.66. The number of aromatic nitrogens is 2. The number of ether oxygens (including phenoxy) is 1. The van der Waals surface area contributed by atoms with E-state index in [1.165, 1.54) is 50.5 Å². The average Bonchev–Trinajstić information content (AvgIpc) is 3.30. The zero-order chi connectivity index (χ0) is 20.9. The highest BCUT2D eigenvalue weighted by atomic mass is 16.5. The molecule has 4 heteroatoms. The third-order valence-electron chi connectivity index (χ3n) is 5.18. The van der Waals surface area contributed by atoms with Crippen molar-refractivity contribution in [2.24, 2.45) is 4.99 Å². The molecule has 0 aliphatic heterocycles. The number of nitrogens with zero attached hydrogens (tertiary/aromatic N) is 3. The Bertz CT molecular complexity index is 852. The van der Waals surface area contributed by atoms with Crippen LogP contribution in [0.3, 0.4) is 0 Å². The first-order chi connectivity index (χ1) is 14.8. The lowest BCUT2D eigenvalue weighted by molar-refractivity contribution is 0.298. The van der Waals surface area contributed by atoms with Crippen LogP contribution in [-0.2, 0) is 13.0 Å². The summed E-state index contributed by atoms with van der Waals surface area (Å²) < 4.78 is 7.78. The fourth-order valence-electron chi connectivity index (χ4n) is 3.35. The lowest BCUT2D eigenvalue weighted by Gasteiger charge is -2.06. The van der Waals surface area contributed by atoms with Gasteiger partial charge < -0.3 is 9.30 Å². The minimum absolute atomic E-state index is 0.620. The summed E-state index contributed by atoms with van der Waals surface area (Å²) in [6, 6.07) is 16.7. The molecular weight excluding hydrogens is 370 g/mol. The summed E-state index contributed by atoms with van der Waals surface area (Å²) in [6.45, 7) is 3.67. The van der Waals surface area contributed by atoms with Gasteiger partial charge in [0.05, 0.1) is 18.6 Å². The molecule has 30 heavy (non-hydrogen) atoms. The summed E-state index contributed by atoms with van der Waals surface area (Å²) in [5.74, 6) is 0.867. The third kappa shape index (κ3) is 7.86. The normalized spacial score (nSPS) is 11.2. The van der Waals surface area contributed by atoms with Crippen molar-refractivity contribution in [2.45, 2.75) is 58.4 Å². The Morgan fingerprint density at radius 3 is 2.43 bits per heavy atom. The van der Waals surface area contributed by atoms with Crippen LogP contribution >= 0.6 is 0 Å². The fourth-order valence-corrected chi connectivity index (χ4v) is 3.35. The monoisotopic (exact) mass is 403 g/mol. The van der Waals surface area contributed by atoms with Crippen LogP contribution in [0.25, 0.3) is 0 Å². The number of benzene rings is 2. The maximum Gasteiger partial charge on any atom is 0.119 e. The van der Waals surface area contributed by atoms with Gasteiger partial charge in [-0.25, -0.2) is 4.98 Å². The lowest BCUT2D eigenvalue weighted by atomic mass is 10.0. The molecule has 0 saturated heterocycles. The van der Waals surface area contributed by atoms with Crippen molar-refractivity contribution in [3.8, 4) is 5.75 Å². The first-order valence-corrected chi connectivity index (χ1v) is 11.1. The van der Waals surface area contributed by atoms with E-state index in [0.29, 0.717) is 6.61 Å². The Morgan fingerprint density at radius 1 is 0.933 bits per heavy atom. The molecule has 4 nitrogen and oxygen atoms in total.